The number of phenols is 2. The molecule has 6 rings (SSSR count). The summed E-state index contributed by atoms with van der Waals surface area (Å²) in [7, 11) is -8.78. The van der Waals surface area contributed by atoms with Crippen LogP contribution in [0.3, 0.4) is 0 Å². The Kier molecular flexibility index (Phi) is 15.7. The average molecular weight is 867 g/mol. The molecule has 0 aliphatic carbocycles. The third-order valence-corrected chi connectivity index (χ3v) is 9.98. The number of aromatic hydroxyl groups is 2. The number of phenolic OH excluding ortho intramolecular Hbond substituents is 2. The van der Waals surface area contributed by atoms with Crippen LogP contribution in [0.4, 0.5) is 45.5 Å². The third-order valence-electron chi connectivity index (χ3n) is 8.24. The maximum Gasteiger partial charge on any atom is 1.00 e. The van der Waals surface area contributed by atoms with Crippen molar-refractivity contribution in [1.29, 1.82) is 0 Å². The first-order chi connectivity index (χ1) is 27.5. The fourth-order valence-electron chi connectivity index (χ4n) is 5.15. The Hall–Kier alpha value is -5.26. The standard InChI is InChI=1S/C38H30N8O10S2.2Na/c1-21-19-23(3-13-29(21)41-45-35-33(47)17-15-31(37(35)49)43-39-25-5-9-27(10-6-25)57(51,52)53)24-4-14-30(22(2)20-24)42-46-36-34(48)18-16-32(38(36)50)44-40-26-7-11-28(12-8-26)58(54,55)56;;/h3-20,47-50H,1-2H3,(H,51,52,53)(H,54,55,56);;/q;2*+1/p-2. The van der Waals surface area contributed by atoms with Gasteiger partial charge in [0.15, 0.2) is 11.5 Å². The van der Waals surface area contributed by atoms with Crippen molar-refractivity contribution in [2.24, 2.45) is 40.9 Å². The van der Waals surface area contributed by atoms with Gasteiger partial charge >= 0.3 is 59.1 Å². The van der Waals surface area contributed by atoms with E-state index >= 15 is 0 Å². The first kappa shape index (κ1) is 47.4. The molecule has 0 fully saturated rings. The van der Waals surface area contributed by atoms with Crippen LogP contribution in [0.2, 0.25) is 0 Å². The van der Waals surface area contributed by atoms with E-state index in [0.717, 1.165) is 47.5 Å². The normalized spacial score (nSPS) is 12.0. The molecule has 18 nitrogen and oxygen atoms in total. The van der Waals surface area contributed by atoms with Crippen LogP contribution in [-0.4, -0.2) is 36.2 Å². The number of aryl methyl sites for hydroxylation is 2. The minimum Gasteiger partial charge on any atom is -0.871 e. The van der Waals surface area contributed by atoms with Gasteiger partial charge in [0.2, 0.25) is 0 Å². The summed E-state index contributed by atoms with van der Waals surface area (Å²) in [5.74, 6) is -2.38. The Morgan fingerprint density at radius 2 is 0.750 bits per heavy atom. The molecule has 0 amide bonds. The predicted octanol–water partition coefficient (Wildman–Crippen LogP) is 3.69. The van der Waals surface area contributed by atoms with Crippen molar-refractivity contribution in [2.75, 3.05) is 0 Å². The molecule has 60 heavy (non-hydrogen) atoms. The van der Waals surface area contributed by atoms with Crippen molar-refractivity contribution in [2.45, 2.75) is 23.6 Å². The largest absolute Gasteiger partial charge is 1.00 e. The van der Waals surface area contributed by atoms with Gasteiger partial charge in [-0.3, -0.25) is 9.11 Å². The Morgan fingerprint density at radius 1 is 0.433 bits per heavy atom. The minimum atomic E-state index is -4.39. The summed E-state index contributed by atoms with van der Waals surface area (Å²) in [6, 6.07) is 25.0. The maximum absolute atomic E-state index is 12.5. The summed E-state index contributed by atoms with van der Waals surface area (Å²) in [5, 5.41) is 78.5. The van der Waals surface area contributed by atoms with Gasteiger partial charge in [0.25, 0.3) is 20.2 Å². The minimum absolute atomic E-state index is 0. The SMILES string of the molecule is Cc1cc(-c2ccc(N=Nc3c([O-])ccc(N=Nc4ccc(S(=O)(=O)O)cc4)c3O)c(C)c2)ccc1N=Nc1c([O-])ccc(N=Nc2ccc(S(=O)(=O)O)cc2)c1O.[Na+].[Na+]. The number of hydrogen-bond acceptors (Lipinski definition) is 16. The molecule has 0 saturated heterocycles. The molecule has 22 heteroatoms. The van der Waals surface area contributed by atoms with Crippen LogP contribution < -0.4 is 69.3 Å². The van der Waals surface area contributed by atoms with Crippen molar-refractivity contribution in [1.82, 2.24) is 0 Å². The average Bonchev–Trinajstić information content (AvgIpc) is 3.17. The van der Waals surface area contributed by atoms with Crippen molar-refractivity contribution in [3.05, 3.63) is 120 Å². The first-order valence-corrected chi connectivity index (χ1v) is 19.5. The number of rotatable bonds is 11. The second-order valence-corrected chi connectivity index (χ2v) is 15.1. The molecule has 0 spiro atoms. The van der Waals surface area contributed by atoms with Gasteiger partial charge in [0, 0.05) is 0 Å². The molecule has 0 heterocycles. The number of hydrogen-bond donors (Lipinski definition) is 4. The van der Waals surface area contributed by atoms with Crippen LogP contribution in [-0.2, 0) is 20.2 Å². The molecule has 0 radical (unpaired) electrons. The quantitative estimate of drug-likeness (QED) is 0.0832. The van der Waals surface area contributed by atoms with Crippen molar-refractivity contribution < 1.29 is 105 Å². The molecule has 0 aliphatic rings. The topological polar surface area (TPSA) is 294 Å². The number of benzene rings is 6. The summed E-state index contributed by atoms with van der Waals surface area (Å²) in [4.78, 5) is -0.660. The Morgan fingerprint density at radius 3 is 1.07 bits per heavy atom. The zero-order valence-electron chi connectivity index (χ0n) is 32.0. The second-order valence-electron chi connectivity index (χ2n) is 12.3. The molecule has 4 N–H and O–H groups in total. The van der Waals surface area contributed by atoms with E-state index in [1.165, 1.54) is 36.4 Å². The van der Waals surface area contributed by atoms with E-state index in [9.17, 15) is 37.3 Å². The van der Waals surface area contributed by atoms with Gasteiger partial charge in [0.1, 0.15) is 22.7 Å². The van der Waals surface area contributed by atoms with Crippen LogP contribution in [0, 0.1) is 13.8 Å². The van der Waals surface area contributed by atoms with Crippen LogP contribution in [0.15, 0.2) is 160 Å². The van der Waals surface area contributed by atoms with E-state index in [0.29, 0.717) is 22.5 Å². The van der Waals surface area contributed by atoms with Gasteiger partial charge in [-0.15, -0.1) is 20.5 Å². The van der Waals surface area contributed by atoms with Crippen LogP contribution >= 0.6 is 0 Å². The van der Waals surface area contributed by atoms with Crippen LogP contribution in [0.1, 0.15) is 11.1 Å². The summed E-state index contributed by atoms with van der Waals surface area (Å²) in [6.07, 6.45) is 0. The summed E-state index contributed by atoms with van der Waals surface area (Å²) < 4.78 is 63.3. The van der Waals surface area contributed by atoms with E-state index in [2.05, 4.69) is 40.9 Å². The zero-order chi connectivity index (χ0) is 41.8. The Balaban J connectivity index is 0.00000397. The summed E-state index contributed by atoms with van der Waals surface area (Å²) in [6.45, 7) is 3.56. The van der Waals surface area contributed by atoms with Crippen molar-refractivity contribution in [3.63, 3.8) is 0 Å². The Labute approximate surface area is 386 Å². The molecule has 294 valence electrons. The fourth-order valence-corrected chi connectivity index (χ4v) is 6.11. The molecular weight excluding hydrogens is 839 g/mol. The number of nitrogens with zero attached hydrogens (tertiary/aromatic N) is 8. The maximum atomic E-state index is 12.5. The first-order valence-electron chi connectivity index (χ1n) is 16.6. The molecule has 0 unspecified atom stereocenters. The molecule has 0 aliphatic heterocycles. The summed E-state index contributed by atoms with van der Waals surface area (Å²) >= 11 is 0. The smallest absolute Gasteiger partial charge is 0.871 e. The van der Waals surface area contributed by atoms with Gasteiger partial charge in [0.05, 0.1) is 32.5 Å². The van der Waals surface area contributed by atoms with Crippen LogP contribution in [0.25, 0.3) is 11.1 Å². The molecule has 0 atom stereocenters. The monoisotopic (exact) mass is 866 g/mol. The van der Waals surface area contributed by atoms with Crippen molar-refractivity contribution in [3.8, 4) is 34.1 Å². The third kappa shape index (κ3) is 11.5. The molecular formula is C38H28N8Na2O10S2. The molecule has 0 aromatic heterocycles. The van der Waals surface area contributed by atoms with Gasteiger partial charge in [-0.25, -0.2) is 0 Å². The molecule has 6 aromatic carbocycles. The second kappa shape index (κ2) is 19.9. The van der Waals surface area contributed by atoms with E-state index in [1.54, 1.807) is 38.1 Å². The van der Waals surface area contributed by atoms with Gasteiger partial charge < -0.3 is 20.4 Å². The molecule has 0 saturated carbocycles. The number of azo groups is 4. The van der Waals surface area contributed by atoms with Gasteiger partial charge in [-0.1, -0.05) is 35.8 Å². The fraction of sp³-hybridized carbons (Fsp3) is 0.0526. The van der Waals surface area contributed by atoms with E-state index in [1.807, 2.05) is 12.1 Å². The van der Waals surface area contributed by atoms with Crippen molar-refractivity contribution >= 4 is 65.7 Å². The van der Waals surface area contributed by atoms with Gasteiger partial charge in [-0.2, -0.15) is 37.3 Å². The van der Waals surface area contributed by atoms with E-state index in [4.69, 9.17) is 9.11 Å². The molecule has 6 aromatic rings. The Bertz CT molecular complexity index is 2720. The predicted molar refractivity (Wildman–Crippen MR) is 206 cm³/mol. The molecule has 0 bridgehead atoms. The summed E-state index contributed by atoms with van der Waals surface area (Å²) in [5.41, 5.74) is 3.26. The van der Waals surface area contributed by atoms with E-state index < -0.39 is 43.2 Å². The van der Waals surface area contributed by atoms with Gasteiger partial charge in [-0.05, 0) is 121 Å². The zero-order valence-corrected chi connectivity index (χ0v) is 37.7. The van der Waals surface area contributed by atoms with E-state index in [-0.39, 0.29) is 103 Å². The van der Waals surface area contributed by atoms with Crippen LogP contribution in [0.5, 0.6) is 23.0 Å².